The smallest absolute Gasteiger partial charge is 0.325 e. The van der Waals surface area contributed by atoms with Gasteiger partial charge in [-0.15, -0.1) is 0 Å². The molecule has 1 aliphatic heterocycles. The van der Waals surface area contributed by atoms with Gasteiger partial charge in [0.1, 0.15) is 17.6 Å². The van der Waals surface area contributed by atoms with Gasteiger partial charge in [0.25, 0.3) is 5.91 Å². The first-order valence-electron chi connectivity index (χ1n) is 15.5. The van der Waals surface area contributed by atoms with Gasteiger partial charge >= 0.3 is 6.03 Å². The third kappa shape index (κ3) is 7.01. The van der Waals surface area contributed by atoms with E-state index < -0.39 is 18.0 Å². The average molecular weight is 599 g/mol. The highest BCUT2D eigenvalue weighted by atomic mass is 16.5. The molecule has 3 aromatic rings. The summed E-state index contributed by atoms with van der Waals surface area (Å²) < 4.78 is 5.23. The summed E-state index contributed by atoms with van der Waals surface area (Å²) in [6.07, 6.45) is 11.7. The van der Waals surface area contributed by atoms with E-state index in [0.717, 1.165) is 53.9 Å². The standard InChI is InChI=1S/C34H42N6O4/c1-4-29(25-8-6-5-7-9-25)38-34(43)40-31(33(42)39(2)26-15-17-35-18-16-26)28(32(40)41)20-24-14-19-36-30(21-24)37-22-23-10-12-27(44-3)13-11-23/h10-19,21,25,28-29,31H,4-9,20,22H2,1-3H3,(H,36,37)(H,38,43)/t28-,29-,31+/m1/s1. The molecule has 2 N–H and O–H groups in total. The lowest BCUT2D eigenvalue weighted by Gasteiger charge is -2.46. The molecule has 232 valence electrons. The molecule has 4 amide bonds. The quantitative estimate of drug-likeness (QED) is 0.292. The van der Waals surface area contributed by atoms with Crippen LogP contribution in [-0.4, -0.2) is 59.0 Å². The monoisotopic (exact) mass is 598 g/mol. The fourth-order valence-corrected chi connectivity index (χ4v) is 6.36. The van der Waals surface area contributed by atoms with E-state index in [1.807, 2.05) is 36.4 Å². The summed E-state index contributed by atoms with van der Waals surface area (Å²) in [6, 6.07) is 13.5. The summed E-state index contributed by atoms with van der Waals surface area (Å²) in [6.45, 7) is 2.62. The van der Waals surface area contributed by atoms with Gasteiger partial charge in [0.2, 0.25) is 5.91 Å². The van der Waals surface area contributed by atoms with E-state index in [2.05, 4.69) is 27.5 Å². The number of β-lactam (4-membered cyclic amide) rings is 1. The minimum atomic E-state index is -0.923. The molecule has 2 aromatic heterocycles. The zero-order valence-corrected chi connectivity index (χ0v) is 25.7. The van der Waals surface area contributed by atoms with Crippen molar-refractivity contribution in [3.63, 3.8) is 0 Å². The number of nitrogens with one attached hydrogen (secondary N) is 2. The molecule has 3 atom stereocenters. The Balaban J connectivity index is 1.32. The zero-order valence-electron chi connectivity index (χ0n) is 25.7. The van der Waals surface area contributed by atoms with Crippen LogP contribution in [-0.2, 0) is 22.6 Å². The van der Waals surface area contributed by atoms with Gasteiger partial charge in [0.15, 0.2) is 0 Å². The van der Waals surface area contributed by atoms with Gasteiger partial charge in [-0.25, -0.2) is 9.78 Å². The van der Waals surface area contributed by atoms with Crippen LogP contribution in [0.1, 0.15) is 56.6 Å². The number of amides is 4. The summed E-state index contributed by atoms with van der Waals surface area (Å²) in [4.78, 5) is 52.3. The molecular weight excluding hydrogens is 556 g/mol. The number of nitrogens with zero attached hydrogens (tertiary/aromatic N) is 4. The number of imide groups is 1. The third-order valence-corrected chi connectivity index (χ3v) is 8.95. The van der Waals surface area contributed by atoms with Crippen molar-refractivity contribution >= 4 is 29.4 Å². The Morgan fingerprint density at radius 3 is 2.43 bits per heavy atom. The van der Waals surface area contributed by atoms with Crippen molar-refractivity contribution in [2.24, 2.45) is 11.8 Å². The Labute approximate surface area is 259 Å². The predicted molar refractivity (Wildman–Crippen MR) is 169 cm³/mol. The van der Waals surface area contributed by atoms with E-state index in [0.29, 0.717) is 30.4 Å². The van der Waals surface area contributed by atoms with Crippen LogP contribution in [0, 0.1) is 11.8 Å². The Morgan fingerprint density at radius 2 is 1.75 bits per heavy atom. The molecule has 10 heteroatoms. The maximum Gasteiger partial charge on any atom is 0.325 e. The molecule has 1 saturated heterocycles. The van der Waals surface area contributed by atoms with Gasteiger partial charge in [-0.3, -0.25) is 19.5 Å². The van der Waals surface area contributed by atoms with Crippen molar-refractivity contribution in [1.29, 1.82) is 0 Å². The molecule has 1 aromatic carbocycles. The Morgan fingerprint density at radius 1 is 1.02 bits per heavy atom. The molecule has 0 radical (unpaired) electrons. The van der Waals surface area contributed by atoms with Crippen LogP contribution in [0.15, 0.2) is 67.1 Å². The largest absolute Gasteiger partial charge is 0.497 e. The van der Waals surface area contributed by atoms with Gasteiger partial charge in [-0.2, -0.15) is 0 Å². The van der Waals surface area contributed by atoms with Crippen molar-refractivity contribution in [2.45, 2.75) is 70.5 Å². The van der Waals surface area contributed by atoms with E-state index in [9.17, 15) is 14.4 Å². The van der Waals surface area contributed by atoms with Crippen LogP contribution in [0.5, 0.6) is 5.75 Å². The molecule has 0 unspecified atom stereocenters. The number of rotatable bonds is 11. The van der Waals surface area contributed by atoms with E-state index in [-0.39, 0.29) is 17.9 Å². The molecule has 10 nitrogen and oxygen atoms in total. The lowest BCUT2D eigenvalue weighted by atomic mass is 9.81. The molecule has 0 bridgehead atoms. The Hall–Kier alpha value is -4.47. The minimum absolute atomic E-state index is 0.0251. The summed E-state index contributed by atoms with van der Waals surface area (Å²) in [5.41, 5.74) is 2.57. The van der Waals surface area contributed by atoms with Gasteiger partial charge < -0.3 is 20.3 Å². The predicted octanol–water partition coefficient (Wildman–Crippen LogP) is 5.20. The average Bonchev–Trinajstić information content (AvgIpc) is 3.07. The molecule has 1 saturated carbocycles. The van der Waals surface area contributed by atoms with Crippen molar-refractivity contribution in [1.82, 2.24) is 20.2 Å². The van der Waals surface area contributed by atoms with E-state index in [4.69, 9.17) is 4.74 Å². The highest BCUT2D eigenvalue weighted by Crippen LogP contribution is 2.34. The second-order valence-corrected chi connectivity index (χ2v) is 11.7. The normalized spacial score (nSPS) is 19.1. The van der Waals surface area contributed by atoms with Crippen LogP contribution in [0.25, 0.3) is 0 Å². The first-order valence-corrected chi connectivity index (χ1v) is 15.5. The Kier molecular flexibility index (Phi) is 10.1. The first-order chi connectivity index (χ1) is 21.4. The number of carbonyl (C=O) groups is 3. The maximum atomic E-state index is 13.9. The number of benzene rings is 1. The number of likely N-dealkylation sites (N-methyl/N-ethyl adjacent to an activating group) is 1. The molecular formula is C34H42N6O4. The van der Waals surface area contributed by atoms with Crippen molar-refractivity contribution in [3.8, 4) is 5.75 Å². The third-order valence-electron chi connectivity index (χ3n) is 8.95. The topological polar surface area (TPSA) is 117 Å². The Bertz CT molecular complexity index is 1430. The fourth-order valence-electron chi connectivity index (χ4n) is 6.36. The molecule has 2 aliphatic rings. The van der Waals surface area contributed by atoms with Crippen molar-refractivity contribution in [2.75, 3.05) is 24.4 Å². The number of methoxy groups -OCH3 is 1. The van der Waals surface area contributed by atoms with Gasteiger partial charge in [0.05, 0.1) is 13.0 Å². The number of urea groups is 1. The maximum absolute atomic E-state index is 13.9. The molecule has 5 rings (SSSR count). The number of likely N-dealkylation sites (tertiary alicyclic amines) is 1. The van der Waals surface area contributed by atoms with Crippen LogP contribution in [0.3, 0.4) is 0 Å². The fraction of sp³-hybridized carbons (Fsp3) is 0.441. The van der Waals surface area contributed by atoms with Crippen LogP contribution in [0.4, 0.5) is 16.3 Å². The minimum Gasteiger partial charge on any atom is -0.497 e. The van der Waals surface area contributed by atoms with E-state index in [1.54, 1.807) is 44.9 Å². The molecule has 1 aliphatic carbocycles. The second kappa shape index (κ2) is 14.3. The molecule has 3 heterocycles. The van der Waals surface area contributed by atoms with Crippen LogP contribution < -0.4 is 20.3 Å². The van der Waals surface area contributed by atoms with Crippen LogP contribution in [0.2, 0.25) is 0 Å². The number of ether oxygens (including phenoxy) is 1. The van der Waals surface area contributed by atoms with Crippen LogP contribution >= 0.6 is 0 Å². The van der Waals surface area contributed by atoms with Gasteiger partial charge in [-0.1, -0.05) is 38.3 Å². The summed E-state index contributed by atoms with van der Waals surface area (Å²) in [5, 5.41) is 6.45. The SMILES string of the molecule is CC[C@@H](NC(=O)N1C(=O)[C@H](Cc2ccnc(NCc3ccc(OC)cc3)c2)[C@H]1C(=O)N(C)c1ccncc1)C1CCCCC1. The lowest BCUT2D eigenvalue weighted by Crippen LogP contribution is -2.71. The molecule has 2 fully saturated rings. The number of pyridine rings is 2. The number of anilines is 2. The number of aromatic nitrogens is 2. The second-order valence-electron chi connectivity index (χ2n) is 11.7. The van der Waals surface area contributed by atoms with E-state index in [1.165, 1.54) is 11.3 Å². The van der Waals surface area contributed by atoms with E-state index >= 15 is 0 Å². The molecule has 0 spiro atoms. The summed E-state index contributed by atoms with van der Waals surface area (Å²) in [5.74, 6) is 0.512. The zero-order chi connectivity index (χ0) is 31.1. The lowest BCUT2D eigenvalue weighted by molar-refractivity contribution is -0.156. The summed E-state index contributed by atoms with van der Waals surface area (Å²) in [7, 11) is 3.30. The number of hydrogen-bond acceptors (Lipinski definition) is 7. The first kappa shape index (κ1) is 31.0. The highest BCUT2D eigenvalue weighted by molar-refractivity contribution is 6.12. The summed E-state index contributed by atoms with van der Waals surface area (Å²) >= 11 is 0. The number of hydrogen-bond donors (Lipinski definition) is 2. The van der Waals surface area contributed by atoms with Gasteiger partial charge in [-0.05, 0) is 79.1 Å². The highest BCUT2D eigenvalue weighted by Gasteiger charge is 2.55. The van der Waals surface area contributed by atoms with Gasteiger partial charge in [0, 0.05) is 43.9 Å². The number of carbonyl (C=O) groups excluding carboxylic acids is 3. The molecule has 44 heavy (non-hydrogen) atoms. The van der Waals surface area contributed by atoms with Crippen molar-refractivity contribution < 1.29 is 19.1 Å². The van der Waals surface area contributed by atoms with Crippen molar-refractivity contribution in [3.05, 3.63) is 78.2 Å².